The third-order valence-electron chi connectivity index (χ3n) is 4.46. The normalized spacial score (nSPS) is 10.4. The van der Waals surface area contributed by atoms with Crippen LogP contribution in [0.15, 0.2) is 59.4 Å². The summed E-state index contributed by atoms with van der Waals surface area (Å²) in [7, 11) is 3.13. The number of hydrogen-bond donors (Lipinski definition) is 2. The Morgan fingerprint density at radius 2 is 1.72 bits per heavy atom. The van der Waals surface area contributed by atoms with Crippen LogP contribution in [0.1, 0.15) is 15.9 Å². The first-order valence-electron chi connectivity index (χ1n) is 9.00. The number of amides is 1. The van der Waals surface area contributed by atoms with Gasteiger partial charge in [-0.1, -0.05) is 6.07 Å². The van der Waals surface area contributed by atoms with Crippen LogP contribution in [0.25, 0.3) is 11.3 Å². The molecule has 150 valence electrons. The number of carbonyl (C=O) groups excluding carboxylic acids is 1. The van der Waals surface area contributed by atoms with Crippen molar-refractivity contribution in [3.8, 4) is 22.8 Å². The summed E-state index contributed by atoms with van der Waals surface area (Å²) in [5.41, 5.74) is 1.64. The molecule has 0 spiro atoms. The highest BCUT2D eigenvalue weighted by Crippen LogP contribution is 2.27. The van der Waals surface area contributed by atoms with E-state index in [0.29, 0.717) is 35.7 Å². The van der Waals surface area contributed by atoms with Gasteiger partial charge in [0.2, 0.25) is 0 Å². The van der Waals surface area contributed by atoms with Crippen LogP contribution in [0.3, 0.4) is 0 Å². The Labute approximate surface area is 167 Å². The number of hydrogen-bond acceptors (Lipinski definition) is 4. The predicted molar refractivity (Wildman–Crippen MR) is 108 cm³/mol. The van der Waals surface area contributed by atoms with Gasteiger partial charge in [-0.05, 0) is 66.1 Å². The van der Waals surface area contributed by atoms with E-state index in [0.717, 1.165) is 5.56 Å². The van der Waals surface area contributed by atoms with E-state index in [1.165, 1.54) is 18.2 Å². The minimum atomic E-state index is -0.504. The fourth-order valence-corrected chi connectivity index (χ4v) is 2.90. The highest BCUT2D eigenvalue weighted by molar-refractivity contribution is 5.94. The van der Waals surface area contributed by atoms with Crippen LogP contribution < -0.4 is 20.3 Å². The lowest BCUT2D eigenvalue weighted by Crippen LogP contribution is -2.31. The standard InChI is InChI=1S/C22H21FN2O4/c1-28-19-10-3-14(13-20(19)29-2)11-12-24-21(26)17-8-9-18(25-22(17)27)15-4-6-16(23)7-5-15/h3-10,13H,11-12H2,1-2H3,(H,24,26)(H,25,27). The second-order valence-electron chi connectivity index (χ2n) is 6.32. The molecule has 0 aliphatic heterocycles. The van der Waals surface area contributed by atoms with Crippen molar-refractivity contribution in [1.29, 1.82) is 0 Å². The molecule has 3 aromatic rings. The van der Waals surface area contributed by atoms with Gasteiger partial charge in [-0.25, -0.2) is 4.39 Å². The monoisotopic (exact) mass is 396 g/mol. The fraction of sp³-hybridized carbons (Fsp3) is 0.182. The summed E-state index contributed by atoms with van der Waals surface area (Å²) in [5, 5.41) is 2.74. The first-order valence-corrected chi connectivity index (χ1v) is 9.00. The average molecular weight is 396 g/mol. The molecule has 0 aliphatic rings. The highest BCUT2D eigenvalue weighted by atomic mass is 19.1. The van der Waals surface area contributed by atoms with Gasteiger partial charge in [0.15, 0.2) is 11.5 Å². The first-order chi connectivity index (χ1) is 14.0. The Morgan fingerprint density at radius 1 is 1.00 bits per heavy atom. The summed E-state index contributed by atoms with van der Waals surface area (Å²) in [5.74, 6) is 0.427. The number of rotatable bonds is 7. The number of H-pyrrole nitrogens is 1. The second kappa shape index (κ2) is 9.05. The summed E-state index contributed by atoms with van der Waals surface area (Å²) < 4.78 is 23.5. The van der Waals surface area contributed by atoms with Gasteiger partial charge in [-0.15, -0.1) is 0 Å². The Morgan fingerprint density at radius 3 is 2.38 bits per heavy atom. The minimum absolute atomic E-state index is 0.0168. The van der Waals surface area contributed by atoms with Gasteiger partial charge < -0.3 is 19.8 Å². The highest BCUT2D eigenvalue weighted by Gasteiger charge is 2.12. The lowest BCUT2D eigenvalue weighted by atomic mass is 10.1. The minimum Gasteiger partial charge on any atom is -0.493 e. The molecule has 6 nitrogen and oxygen atoms in total. The fourth-order valence-electron chi connectivity index (χ4n) is 2.90. The van der Waals surface area contributed by atoms with Crippen LogP contribution >= 0.6 is 0 Å². The molecule has 0 saturated heterocycles. The zero-order valence-corrected chi connectivity index (χ0v) is 16.1. The van der Waals surface area contributed by atoms with Gasteiger partial charge in [0.25, 0.3) is 11.5 Å². The van der Waals surface area contributed by atoms with Crippen LogP contribution in [-0.4, -0.2) is 31.7 Å². The number of aromatic amines is 1. The molecule has 7 heteroatoms. The van der Waals surface area contributed by atoms with Crippen molar-refractivity contribution in [2.75, 3.05) is 20.8 Å². The smallest absolute Gasteiger partial charge is 0.261 e. The lowest BCUT2D eigenvalue weighted by molar-refractivity contribution is 0.0952. The first kappa shape index (κ1) is 20.1. The van der Waals surface area contributed by atoms with Crippen molar-refractivity contribution < 1.29 is 18.7 Å². The summed E-state index contributed by atoms with van der Waals surface area (Å²) in [4.78, 5) is 27.3. The Bertz CT molecular complexity index is 1060. The summed E-state index contributed by atoms with van der Waals surface area (Å²) in [6.07, 6.45) is 0.567. The quantitative estimate of drug-likeness (QED) is 0.643. The van der Waals surface area contributed by atoms with Gasteiger partial charge >= 0.3 is 0 Å². The third kappa shape index (κ3) is 4.82. The predicted octanol–water partition coefficient (Wildman–Crippen LogP) is 3.17. The average Bonchev–Trinajstić information content (AvgIpc) is 2.74. The van der Waals surface area contributed by atoms with Gasteiger partial charge in [0, 0.05) is 12.2 Å². The molecule has 1 heterocycles. The number of carbonyl (C=O) groups is 1. The summed E-state index contributed by atoms with van der Waals surface area (Å²) in [6, 6.07) is 14.3. The van der Waals surface area contributed by atoms with Crippen molar-refractivity contribution in [2.24, 2.45) is 0 Å². The van der Waals surface area contributed by atoms with E-state index in [2.05, 4.69) is 10.3 Å². The molecule has 0 aliphatic carbocycles. The molecule has 0 radical (unpaired) electrons. The lowest BCUT2D eigenvalue weighted by Gasteiger charge is -2.10. The zero-order valence-electron chi connectivity index (χ0n) is 16.1. The molecule has 3 rings (SSSR count). The molecule has 0 atom stereocenters. The van der Waals surface area contributed by atoms with Gasteiger partial charge in [0.1, 0.15) is 11.4 Å². The van der Waals surface area contributed by atoms with Gasteiger partial charge in [-0.2, -0.15) is 0 Å². The zero-order chi connectivity index (χ0) is 20.8. The second-order valence-corrected chi connectivity index (χ2v) is 6.32. The van der Waals surface area contributed by atoms with Crippen molar-refractivity contribution in [2.45, 2.75) is 6.42 Å². The number of benzene rings is 2. The maximum Gasteiger partial charge on any atom is 0.261 e. The number of pyridine rings is 1. The van der Waals surface area contributed by atoms with Crippen LogP contribution in [-0.2, 0) is 6.42 Å². The molecule has 0 saturated carbocycles. The largest absolute Gasteiger partial charge is 0.493 e. The molecule has 1 aromatic heterocycles. The summed E-state index contributed by atoms with van der Waals surface area (Å²) in [6.45, 7) is 0.355. The van der Waals surface area contributed by atoms with E-state index >= 15 is 0 Å². The number of halogens is 1. The Kier molecular flexibility index (Phi) is 6.29. The maximum atomic E-state index is 13.0. The van der Waals surface area contributed by atoms with Crippen molar-refractivity contribution in [3.63, 3.8) is 0 Å². The number of methoxy groups -OCH3 is 2. The molecule has 0 bridgehead atoms. The van der Waals surface area contributed by atoms with Gasteiger partial charge in [0.05, 0.1) is 14.2 Å². The van der Waals surface area contributed by atoms with E-state index in [1.807, 2.05) is 12.1 Å². The Hall–Kier alpha value is -3.61. The van der Waals surface area contributed by atoms with E-state index in [1.54, 1.807) is 38.5 Å². The van der Waals surface area contributed by atoms with Crippen LogP contribution in [0.2, 0.25) is 0 Å². The van der Waals surface area contributed by atoms with E-state index in [9.17, 15) is 14.0 Å². The topological polar surface area (TPSA) is 80.4 Å². The number of nitrogens with one attached hydrogen (secondary N) is 2. The number of ether oxygens (including phenoxy) is 2. The molecule has 2 N–H and O–H groups in total. The molecular formula is C22H21FN2O4. The van der Waals surface area contributed by atoms with Crippen LogP contribution in [0, 0.1) is 5.82 Å². The van der Waals surface area contributed by atoms with Crippen LogP contribution in [0.4, 0.5) is 4.39 Å². The summed E-state index contributed by atoms with van der Waals surface area (Å²) >= 11 is 0. The molecular weight excluding hydrogens is 375 g/mol. The molecule has 1 amide bonds. The maximum absolute atomic E-state index is 13.0. The van der Waals surface area contributed by atoms with E-state index < -0.39 is 11.5 Å². The molecule has 2 aromatic carbocycles. The van der Waals surface area contributed by atoms with Crippen molar-refractivity contribution in [1.82, 2.24) is 10.3 Å². The van der Waals surface area contributed by atoms with E-state index in [-0.39, 0.29) is 11.4 Å². The molecule has 0 unspecified atom stereocenters. The Balaban J connectivity index is 1.64. The van der Waals surface area contributed by atoms with Crippen LogP contribution in [0.5, 0.6) is 11.5 Å². The third-order valence-corrected chi connectivity index (χ3v) is 4.46. The van der Waals surface area contributed by atoms with Gasteiger partial charge in [-0.3, -0.25) is 9.59 Å². The van der Waals surface area contributed by atoms with Crippen molar-refractivity contribution in [3.05, 3.63) is 81.9 Å². The van der Waals surface area contributed by atoms with Crippen molar-refractivity contribution >= 4 is 5.91 Å². The number of aromatic nitrogens is 1. The molecule has 29 heavy (non-hydrogen) atoms. The molecule has 0 fully saturated rings. The van der Waals surface area contributed by atoms with E-state index in [4.69, 9.17) is 9.47 Å². The SMILES string of the molecule is COc1ccc(CCNC(=O)c2ccc(-c3ccc(F)cc3)[nH]c2=O)cc1OC.